The molecule has 4 N–H and O–H groups in total. The van der Waals surface area contributed by atoms with Gasteiger partial charge in [-0.1, -0.05) is 16.7 Å². The molecule has 9 heteroatoms. The Labute approximate surface area is 180 Å². The van der Waals surface area contributed by atoms with E-state index in [1.54, 1.807) is 19.4 Å². The fraction of sp³-hybridized carbons (Fsp3) is 0.250. The molecular weight excluding hydrogens is 413 g/mol. The van der Waals surface area contributed by atoms with E-state index in [-0.39, 0.29) is 19.0 Å². The third-order valence-electron chi connectivity index (χ3n) is 4.34. The van der Waals surface area contributed by atoms with Crippen molar-refractivity contribution in [2.24, 2.45) is 0 Å². The Balaban J connectivity index is 0.00000300. The van der Waals surface area contributed by atoms with E-state index in [2.05, 4.69) is 21.6 Å². The number of hydrogen-bond acceptors (Lipinski definition) is 6. The van der Waals surface area contributed by atoms with Gasteiger partial charge >= 0.3 is 0 Å². The van der Waals surface area contributed by atoms with E-state index in [4.69, 9.17) is 21.4 Å². The molecule has 0 atom stereocenters. The van der Waals surface area contributed by atoms with Gasteiger partial charge in [0.1, 0.15) is 12.3 Å². The van der Waals surface area contributed by atoms with Crippen LogP contribution in [-0.4, -0.2) is 35.6 Å². The lowest BCUT2D eigenvalue weighted by atomic mass is 10.1. The summed E-state index contributed by atoms with van der Waals surface area (Å²) in [4.78, 5) is 0. The summed E-state index contributed by atoms with van der Waals surface area (Å²) < 4.78 is 5.18. The van der Waals surface area contributed by atoms with Crippen molar-refractivity contribution in [1.82, 2.24) is 10.2 Å². The quantitative estimate of drug-likeness (QED) is 0.407. The molecule has 2 aromatic carbocycles. The van der Waals surface area contributed by atoms with Crippen molar-refractivity contribution in [1.29, 1.82) is 5.26 Å². The van der Waals surface area contributed by atoms with Gasteiger partial charge in [-0.3, -0.25) is 5.32 Å². The molecule has 152 valence electrons. The zero-order chi connectivity index (χ0) is 19.9. The van der Waals surface area contributed by atoms with Gasteiger partial charge in [0.25, 0.3) is 5.82 Å². The number of nitrogens with zero attached hydrogens (tertiary/aromatic N) is 3. The molecule has 0 spiro atoms. The minimum atomic E-state index is 0. The number of aliphatic hydroxyl groups excluding tert-OH is 1. The maximum absolute atomic E-state index is 9.38. The Morgan fingerprint density at radius 3 is 2.79 bits per heavy atom. The Bertz CT molecular complexity index is 1020. The number of aliphatic hydroxyl groups is 1. The minimum absolute atomic E-state index is 0. The van der Waals surface area contributed by atoms with Gasteiger partial charge in [-0.05, 0) is 36.8 Å². The number of fused-ring (bicyclic) bond motifs is 1. The number of hydrogen-bond donors (Lipinski definition) is 3. The second kappa shape index (κ2) is 10.8. The Kier molecular flexibility index (Phi) is 8.43. The van der Waals surface area contributed by atoms with Crippen molar-refractivity contribution in [3.05, 3.63) is 52.7 Å². The van der Waals surface area contributed by atoms with Crippen LogP contribution in [0.5, 0.6) is 5.75 Å². The number of nitrogens with two attached hydrogens (primary N) is 1. The lowest BCUT2D eigenvalue weighted by Crippen LogP contribution is -3.00. The molecule has 0 aliphatic carbocycles. The summed E-state index contributed by atoms with van der Waals surface area (Å²) >= 11 is 6.20. The van der Waals surface area contributed by atoms with Crippen LogP contribution in [0.1, 0.15) is 17.5 Å². The molecule has 0 saturated heterocycles. The first kappa shape index (κ1) is 22.7. The van der Waals surface area contributed by atoms with Gasteiger partial charge < -0.3 is 27.6 Å². The van der Waals surface area contributed by atoms with Gasteiger partial charge in [-0.15, -0.1) is 0 Å². The van der Waals surface area contributed by atoms with Crippen LogP contribution in [0.15, 0.2) is 36.5 Å². The highest BCUT2D eigenvalue weighted by atomic mass is 35.5. The predicted molar refractivity (Wildman–Crippen MR) is 108 cm³/mol. The monoisotopic (exact) mass is 433 g/mol. The molecule has 3 aromatic rings. The van der Waals surface area contributed by atoms with Crippen LogP contribution in [-0.2, 0) is 6.54 Å². The summed E-state index contributed by atoms with van der Waals surface area (Å²) in [5.41, 5.74) is 2.36. The van der Waals surface area contributed by atoms with Crippen molar-refractivity contribution in [2.75, 3.05) is 25.6 Å². The summed E-state index contributed by atoms with van der Waals surface area (Å²) in [5.74, 6) is 1.33. The predicted octanol–water partition coefficient (Wildman–Crippen LogP) is -0.643. The lowest BCUT2D eigenvalue weighted by Gasteiger charge is -2.11. The van der Waals surface area contributed by atoms with Crippen molar-refractivity contribution in [3.63, 3.8) is 0 Å². The molecular formula is C20H21Cl2N5O2. The number of nitriles is 1. The van der Waals surface area contributed by atoms with E-state index in [0.29, 0.717) is 41.7 Å². The highest BCUT2D eigenvalue weighted by molar-refractivity contribution is 6.32. The highest BCUT2D eigenvalue weighted by Crippen LogP contribution is 2.28. The molecule has 0 radical (unpaired) electrons. The molecule has 0 fully saturated rings. The maximum Gasteiger partial charge on any atom is 0.252 e. The summed E-state index contributed by atoms with van der Waals surface area (Å²) in [6, 6.07) is 11.4. The van der Waals surface area contributed by atoms with Gasteiger partial charge in [0.2, 0.25) is 0 Å². The fourth-order valence-corrected chi connectivity index (χ4v) is 3.20. The molecule has 3 rings (SSSR count). The standard InChI is InChI=1S/C20H20ClN5O2.ClH/c1-28-19-4-3-13(8-17(19)21)11-24-20-15-7-14(10-22)9-18(23-5-2-6-27)16(15)12-25-26-20;/h3-4,7-9,12,23,27H,2,5-6,11H2,1H3,(H,24,26);1H. The maximum atomic E-state index is 9.38. The van der Waals surface area contributed by atoms with Gasteiger partial charge in [-0.25, -0.2) is 0 Å². The molecule has 0 unspecified atom stereocenters. The average molecular weight is 434 g/mol. The van der Waals surface area contributed by atoms with E-state index in [0.717, 1.165) is 22.0 Å². The van der Waals surface area contributed by atoms with Gasteiger partial charge in [-0.2, -0.15) is 10.4 Å². The summed E-state index contributed by atoms with van der Waals surface area (Å²) in [5, 5.41) is 34.3. The number of quaternary nitrogens is 1. The molecule has 7 nitrogen and oxygen atoms in total. The average Bonchev–Trinajstić information content (AvgIpc) is 2.72. The van der Waals surface area contributed by atoms with Crippen molar-refractivity contribution in [2.45, 2.75) is 13.0 Å². The zero-order valence-electron chi connectivity index (χ0n) is 15.8. The molecule has 1 aromatic heterocycles. The molecule has 0 saturated carbocycles. The van der Waals surface area contributed by atoms with Crippen LogP contribution < -0.4 is 27.8 Å². The van der Waals surface area contributed by atoms with Gasteiger partial charge in [0.05, 0.1) is 35.3 Å². The summed E-state index contributed by atoms with van der Waals surface area (Å²) in [6.07, 6.45) is 2.30. The number of nitrogens with one attached hydrogen (secondary N) is 1. The van der Waals surface area contributed by atoms with Crippen molar-refractivity contribution >= 4 is 33.9 Å². The smallest absolute Gasteiger partial charge is 0.252 e. The number of anilines is 1. The minimum Gasteiger partial charge on any atom is -1.00 e. The van der Waals surface area contributed by atoms with E-state index in [1.807, 2.05) is 29.6 Å². The number of aromatic nitrogens is 2. The van der Waals surface area contributed by atoms with Crippen LogP contribution in [0.3, 0.4) is 0 Å². The van der Waals surface area contributed by atoms with Crippen LogP contribution in [0.4, 0.5) is 11.5 Å². The van der Waals surface area contributed by atoms with Crippen LogP contribution in [0.2, 0.25) is 5.02 Å². The molecule has 1 heterocycles. The second-order valence-corrected chi connectivity index (χ2v) is 6.61. The first-order chi connectivity index (χ1) is 13.7. The van der Waals surface area contributed by atoms with Crippen LogP contribution >= 0.6 is 11.6 Å². The Morgan fingerprint density at radius 1 is 1.28 bits per heavy atom. The molecule has 0 amide bonds. The normalized spacial score (nSPS) is 10.3. The van der Waals surface area contributed by atoms with Crippen LogP contribution in [0.25, 0.3) is 10.8 Å². The van der Waals surface area contributed by atoms with E-state index in [1.165, 1.54) is 0 Å². The van der Waals surface area contributed by atoms with E-state index >= 15 is 0 Å². The number of ether oxygens (including phenoxy) is 1. The number of halogens is 2. The SMILES string of the molecule is COc1ccc(C[NH2+]c2nncc3c(NCCCO)cc(C#N)cc23)cc1Cl.[Cl-]. The number of rotatable bonds is 8. The zero-order valence-corrected chi connectivity index (χ0v) is 17.3. The summed E-state index contributed by atoms with van der Waals surface area (Å²) in [6.45, 7) is 1.32. The van der Waals surface area contributed by atoms with Crippen molar-refractivity contribution in [3.8, 4) is 11.8 Å². The summed E-state index contributed by atoms with van der Waals surface area (Å²) in [7, 11) is 1.58. The van der Waals surface area contributed by atoms with Gasteiger partial charge in [0.15, 0.2) is 0 Å². The number of benzene rings is 2. The van der Waals surface area contributed by atoms with Crippen molar-refractivity contribution < 1.29 is 27.6 Å². The fourth-order valence-electron chi connectivity index (χ4n) is 2.92. The Hall–Kier alpha value is -2.63. The largest absolute Gasteiger partial charge is 1.00 e. The molecule has 0 aliphatic rings. The third-order valence-corrected chi connectivity index (χ3v) is 4.63. The number of methoxy groups -OCH3 is 1. The Morgan fingerprint density at radius 2 is 2.10 bits per heavy atom. The van der Waals surface area contributed by atoms with Gasteiger partial charge in [0, 0.05) is 29.8 Å². The first-order valence-corrected chi connectivity index (χ1v) is 9.24. The van der Waals surface area contributed by atoms with E-state index in [9.17, 15) is 5.26 Å². The van der Waals surface area contributed by atoms with Crippen LogP contribution in [0, 0.1) is 11.3 Å². The molecule has 29 heavy (non-hydrogen) atoms. The molecule has 0 bridgehead atoms. The lowest BCUT2D eigenvalue weighted by molar-refractivity contribution is -0.591. The topological polar surface area (TPSA) is 108 Å². The first-order valence-electron chi connectivity index (χ1n) is 8.86. The highest BCUT2D eigenvalue weighted by Gasteiger charge is 2.13. The molecule has 0 aliphatic heterocycles. The van der Waals surface area contributed by atoms with E-state index < -0.39 is 0 Å². The second-order valence-electron chi connectivity index (χ2n) is 6.21. The third kappa shape index (κ3) is 5.46.